The van der Waals surface area contributed by atoms with Crippen molar-refractivity contribution in [1.82, 2.24) is 15.4 Å². The Kier molecular flexibility index (Phi) is 5.21. The molecule has 1 aromatic rings. The molecule has 1 N–H and O–H groups in total. The SMILES string of the molecule is CC(C)CN1CC(C(=O)NCc2cc(C(C)C)no2)CC1=O. The molecular formula is C16H25N3O3. The highest BCUT2D eigenvalue weighted by Crippen LogP contribution is 2.19. The highest BCUT2D eigenvalue weighted by atomic mass is 16.5. The summed E-state index contributed by atoms with van der Waals surface area (Å²) in [7, 11) is 0. The Morgan fingerprint density at radius 1 is 1.45 bits per heavy atom. The minimum Gasteiger partial charge on any atom is -0.359 e. The fourth-order valence-electron chi connectivity index (χ4n) is 2.57. The Balaban J connectivity index is 1.83. The lowest BCUT2D eigenvalue weighted by Gasteiger charge is -2.18. The fourth-order valence-corrected chi connectivity index (χ4v) is 2.57. The molecule has 2 heterocycles. The van der Waals surface area contributed by atoms with Gasteiger partial charge in [0.25, 0.3) is 0 Å². The van der Waals surface area contributed by atoms with Gasteiger partial charge < -0.3 is 14.7 Å². The molecule has 1 aliphatic rings. The molecule has 2 rings (SSSR count). The van der Waals surface area contributed by atoms with Crippen LogP contribution in [0.15, 0.2) is 10.6 Å². The zero-order chi connectivity index (χ0) is 16.3. The topological polar surface area (TPSA) is 75.4 Å². The van der Waals surface area contributed by atoms with Gasteiger partial charge in [-0.25, -0.2) is 0 Å². The Labute approximate surface area is 131 Å². The second kappa shape index (κ2) is 6.94. The van der Waals surface area contributed by atoms with Crippen LogP contribution in [0.5, 0.6) is 0 Å². The molecule has 0 aliphatic carbocycles. The van der Waals surface area contributed by atoms with E-state index in [0.29, 0.717) is 43.7 Å². The van der Waals surface area contributed by atoms with E-state index in [4.69, 9.17) is 4.52 Å². The van der Waals surface area contributed by atoms with E-state index in [-0.39, 0.29) is 17.7 Å². The standard InChI is InChI=1S/C16H25N3O3/c1-10(2)8-19-9-12(5-15(19)20)16(21)17-7-13-6-14(11(3)4)18-22-13/h6,10-12H,5,7-9H2,1-4H3,(H,17,21). The predicted octanol–water partition coefficient (Wildman–Crippen LogP) is 1.92. The number of rotatable bonds is 6. The highest BCUT2D eigenvalue weighted by molar-refractivity contribution is 5.89. The van der Waals surface area contributed by atoms with Crippen LogP contribution in [0.4, 0.5) is 0 Å². The largest absolute Gasteiger partial charge is 0.359 e. The van der Waals surface area contributed by atoms with Gasteiger partial charge in [-0.3, -0.25) is 9.59 Å². The molecule has 1 unspecified atom stereocenters. The molecule has 1 aliphatic heterocycles. The molecule has 1 fully saturated rings. The molecule has 0 bridgehead atoms. The molecule has 0 spiro atoms. The number of nitrogens with zero attached hydrogens (tertiary/aromatic N) is 2. The fraction of sp³-hybridized carbons (Fsp3) is 0.688. The summed E-state index contributed by atoms with van der Waals surface area (Å²) < 4.78 is 5.19. The second-order valence-electron chi connectivity index (χ2n) is 6.68. The first-order valence-electron chi connectivity index (χ1n) is 7.87. The van der Waals surface area contributed by atoms with Crippen molar-refractivity contribution >= 4 is 11.8 Å². The lowest BCUT2D eigenvalue weighted by atomic mass is 10.1. The molecule has 1 aromatic heterocycles. The van der Waals surface area contributed by atoms with Crippen molar-refractivity contribution in [2.75, 3.05) is 13.1 Å². The highest BCUT2D eigenvalue weighted by Gasteiger charge is 2.34. The molecule has 1 saturated heterocycles. The van der Waals surface area contributed by atoms with E-state index < -0.39 is 0 Å². The summed E-state index contributed by atoms with van der Waals surface area (Å²) in [4.78, 5) is 25.9. The first-order chi connectivity index (χ1) is 10.4. The van der Waals surface area contributed by atoms with Crippen molar-refractivity contribution in [2.45, 2.75) is 46.6 Å². The number of hydrogen-bond donors (Lipinski definition) is 1. The number of amides is 2. The maximum absolute atomic E-state index is 12.2. The number of aromatic nitrogens is 1. The number of likely N-dealkylation sites (tertiary alicyclic amines) is 1. The Bertz CT molecular complexity index is 536. The summed E-state index contributed by atoms with van der Waals surface area (Å²) >= 11 is 0. The van der Waals surface area contributed by atoms with E-state index in [1.807, 2.05) is 19.9 Å². The minimum absolute atomic E-state index is 0.0654. The smallest absolute Gasteiger partial charge is 0.225 e. The number of nitrogens with one attached hydrogen (secondary N) is 1. The Hall–Kier alpha value is -1.85. The first kappa shape index (κ1) is 16.5. The van der Waals surface area contributed by atoms with Crippen LogP contribution in [0, 0.1) is 11.8 Å². The van der Waals surface area contributed by atoms with Crippen molar-refractivity contribution < 1.29 is 14.1 Å². The summed E-state index contributed by atoms with van der Waals surface area (Å²) in [5, 5.41) is 6.80. The van der Waals surface area contributed by atoms with Gasteiger partial charge in [-0.15, -0.1) is 0 Å². The summed E-state index contributed by atoms with van der Waals surface area (Å²) in [5.41, 5.74) is 0.878. The van der Waals surface area contributed by atoms with Crippen LogP contribution in [0.3, 0.4) is 0 Å². The quantitative estimate of drug-likeness (QED) is 0.871. The van der Waals surface area contributed by atoms with Gasteiger partial charge in [0.1, 0.15) is 0 Å². The third-order valence-corrected chi connectivity index (χ3v) is 3.78. The summed E-state index contributed by atoms with van der Waals surface area (Å²) in [6, 6.07) is 1.86. The number of hydrogen-bond acceptors (Lipinski definition) is 4. The first-order valence-corrected chi connectivity index (χ1v) is 7.87. The molecular weight excluding hydrogens is 282 g/mol. The average molecular weight is 307 g/mol. The molecule has 2 amide bonds. The van der Waals surface area contributed by atoms with Crippen molar-refractivity contribution in [3.05, 3.63) is 17.5 Å². The van der Waals surface area contributed by atoms with Crippen LogP contribution >= 0.6 is 0 Å². The lowest BCUT2D eigenvalue weighted by Crippen LogP contribution is -2.33. The van der Waals surface area contributed by atoms with Crippen LogP contribution in [0.2, 0.25) is 0 Å². The molecule has 0 saturated carbocycles. The van der Waals surface area contributed by atoms with Gasteiger partial charge in [0.05, 0.1) is 18.2 Å². The lowest BCUT2D eigenvalue weighted by molar-refractivity contribution is -0.129. The summed E-state index contributed by atoms with van der Waals surface area (Å²) in [6.45, 7) is 9.74. The maximum atomic E-state index is 12.2. The molecule has 6 nitrogen and oxygen atoms in total. The van der Waals surface area contributed by atoms with Crippen molar-refractivity contribution in [3.8, 4) is 0 Å². The van der Waals surface area contributed by atoms with Crippen LogP contribution in [-0.2, 0) is 16.1 Å². The van der Waals surface area contributed by atoms with Gasteiger partial charge in [-0.2, -0.15) is 0 Å². The molecule has 22 heavy (non-hydrogen) atoms. The van der Waals surface area contributed by atoms with Gasteiger partial charge in [0.2, 0.25) is 11.8 Å². The molecule has 0 radical (unpaired) electrons. The van der Waals surface area contributed by atoms with Gasteiger partial charge in [-0.1, -0.05) is 32.9 Å². The van der Waals surface area contributed by atoms with Crippen molar-refractivity contribution in [3.63, 3.8) is 0 Å². The van der Waals surface area contributed by atoms with Crippen LogP contribution < -0.4 is 5.32 Å². The van der Waals surface area contributed by atoms with E-state index in [1.165, 1.54) is 0 Å². The van der Waals surface area contributed by atoms with Crippen molar-refractivity contribution in [2.24, 2.45) is 11.8 Å². The molecule has 6 heteroatoms. The minimum atomic E-state index is -0.265. The van der Waals surface area contributed by atoms with E-state index in [1.54, 1.807) is 4.90 Å². The zero-order valence-electron chi connectivity index (χ0n) is 13.8. The van der Waals surface area contributed by atoms with E-state index in [0.717, 1.165) is 5.69 Å². The molecule has 1 atom stereocenters. The van der Waals surface area contributed by atoms with Gasteiger partial charge in [0, 0.05) is 25.6 Å². The predicted molar refractivity (Wildman–Crippen MR) is 82.0 cm³/mol. The molecule has 0 aromatic carbocycles. The third kappa shape index (κ3) is 4.08. The van der Waals surface area contributed by atoms with Gasteiger partial charge in [-0.05, 0) is 11.8 Å². The summed E-state index contributed by atoms with van der Waals surface area (Å²) in [6.07, 6.45) is 0.298. The van der Waals surface area contributed by atoms with Crippen LogP contribution in [-0.4, -0.2) is 35.0 Å². The Morgan fingerprint density at radius 3 is 2.77 bits per heavy atom. The van der Waals surface area contributed by atoms with Crippen LogP contribution in [0.1, 0.15) is 51.5 Å². The Morgan fingerprint density at radius 2 is 2.18 bits per heavy atom. The monoisotopic (exact) mass is 307 g/mol. The van der Waals surface area contributed by atoms with Crippen molar-refractivity contribution in [1.29, 1.82) is 0 Å². The molecule has 122 valence electrons. The third-order valence-electron chi connectivity index (χ3n) is 3.78. The van der Waals surface area contributed by atoms with Gasteiger partial charge >= 0.3 is 0 Å². The van der Waals surface area contributed by atoms with E-state index in [9.17, 15) is 9.59 Å². The normalized spacial score (nSPS) is 18.5. The van der Waals surface area contributed by atoms with Crippen LogP contribution in [0.25, 0.3) is 0 Å². The maximum Gasteiger partial charge on any atom is 0.225 e. The van der Waals surface area contributed by atoms with E-state index >= 15 is 0 Å². The van der Waals surface area contributed by atoms with Gasteiger partial charge in [0.15, 0.2) is 5.76 Å². The number of carbonyl (C=O) groups is 2. The van der Waals surface area contributed by atoms with E-state index in [2.05, 4.69) is 24.3 Å². The average Bonchev–Trinajstić information content (AvgIpc) is 3.03. The second-order valence-corrected chi connectivity index (χ2v) is 6.68. The zero-order valence-corrected chi connectivity index (χ0v) is 13.8. The number of carbonyl (C=O) groups excluding carboxylic acids is 2. The summed E-state index contributed by atoms with van der Waals surface area (Å²) in [5.74, 6) is 1.05.